The lowest BCUT2D eigenvalue weighted by Crippen LogP contribution is -2.42. The third-order valence-corrected chi connectivity index (χ3v) is 32.9. The van der Waals surface area contributed by atoms with Crippen LogP contribution in [0.1, 0.15) is 156 Å². The number of methoxy groups -OCH3 is 1. The molecule has 0 radical (unpaired) electrons. The average molecular weight is 2000 g/mol. The number of aromatic nitrogens is 6. The zero-order valence-corrected chi connectivity index (χ0v) is 82.5. The average Bonchev–Trinajstić information content (AvgIpc) is 1.59. The van der Waals surface area contributed by atoms with Crippen LogP contribution < -0.4 is 38.4 Å². The number of carbonyl (C=O) groups is 5. The summed E-state index contributed by atoms with van der Waals surface area (Å²) < 4.78 is 116. The fourth-order valence-corrected chi connectivity index (χ4v) is 22.9. The molecule has 7 aliphatic rings. The van der Waals surface area contributed by atoms with Gasteiger partial charge in [0.05, 0.1) is 73.5 Å². The molecule has 740 valence electrons. The number of aliphatic hydroxyl groups excluding tert-OH is 1. The molecule has 4 N–H and O–H groups in total. The Labute approximate surface area is 836 Å². The van der Waals surface area contributed by atoms with Gasteiger partial charge in [-0.2, -0.15) is 4.31 Å². The van der Waals surface area contributed by atoms with Gasteiger partial charge in [0.2, 0.25) is 49.6 Å². The van der Waals surface area contributed by atoms with Gasteiger partial charge in [-0.15, -0.1) is 0 Å². The first-order valence-corrected chi connectivity index (χ1v) is 52.4. The maximum absolute atomic E-state index is 13.7. The van der Waals surface area contributed by atoms with E-state index >= 15 is 0 Å². The number of imidazole rings is 1. The maximum Gasteiger partial charge on any atom is 0.243 e. The summed E-state index contributed by atoms with van der Waals surface area (Å²) in [7, 11) is -7.81. The number of hydrogen-bond donors (Lipinski definition) is 4. The zero-order chi connectivity index (χ0) is 99.4. The minimum Gasteiger partial charge on any atom is -0.497 e. The number of halogens is 1. The predicted octanol–water partition coefficient (Wildman–Crippen LogP) is 18.4. The van der Waals surface area contributed by atoms with Gasteiger partial charge in [-0.25, -0.2) is 44.7 Å². The van der Waals surface area contributed by atoms with Gasteiger partial charge < -0.3 is 43.4 Å². The van der Waals surface area contributed by atoms with Crippen LogP contribution in [0.15, 0.2) is 282 Å². The van der Waals surface area contributed by atoms with E-state index in [9.17, 15) is 54.3 Å². The summed E-state index contributed by atoms with van der Waals surface area (Å²) in [6.07, 6.45) is 17.2. The summed E-state index contributed by atoms with van der Waals surface area (Å²) in [5.41, 5.74) is 11.7. The monoisotopic (exact) mass is 2000 g/mol. The van der Waals surface area contributed by atoms with Gasteiger partial charge in [0, 0.05) is 130 Å². The maximum atomic E-state index is 13.7. The molecule has 0 unspecified atom stereocenters. The second kappa shape index (κ2) is 43.6. The number of nitrogens with one attached hydrogen (secondary N) is 3. The summed E-state index contributed by atoms with van der Waals surface area (Å²) in [4.78, 5) is 88.8. The highest BCUT2D eigenvalue weighted by Crippen LogP contribution is 2.54. The van der Waals surface area contributed by atoms with Crippen LogP contribution in [0.4, 0.5) is 5.82 Å². The molecule has 1 amide bonds. The van der Waals surface area contributed by atoms with Gasteiger partial charge in [0.15, 0.2) is 28.8 Å². The van der Waals surface area contributed by atoms with Gasteiger partial charge >= 0.3 is 0 Å². The van der Waals surface area contributed by atoms with Crippen LogP contribution >= 0.6 is 11.6 Å². The number of anilines is 1. The molecule has 3 aliphatic carbocycles. The molecule has 8 aromatic carbocycles. The third-order valence-electron chi connectivity index (χ3n) is 27.8. The molecule has 32 heteroatoms. The topological polar surface area (TPSA) is 372 Å². The number of pyridine rings is 4. The molecule has 0 spiro atoms. The molecule has 9 heterocycles. The molecular formula is C110H117ClN10O18S3. The predicted molar refractivity (Wildman–Crippen MR) is 545 cm³/mol. The number of hydrogen-bond acceptors (Lipinski definition) is 23. The number of rotatable bonds is 32. The first-order valence-electron chi connectivity index (χ1n) is 47.6. The number of benzene rings is 8. The van der Waals surface area contributed by atoms with Crippen molar-refractivity contribution in [3.8, 4) is 73.6 Å². The largest absolute Gasteiger partial charge is 0.497 e. The molecule has 3 saturated carbocycles. The van der Waals surface area contributed by atoms with Crippen LogP contribution in [-0.2, 0) is 101 Å². The molecule has 142 heavy (non-hydrogen) atoms. The van der Waals surface area contributed by atoms with Crippen molar-refractivity contribution >= 4 is 76.5 Å². The van der Waals surface area contributed by atoms with Crippen molar-refractivity contribution in [2.24, 2.45) is 0 Å². The number of aryl methyl sites for hydroxylation is 2. The summed E-state index contributed by atoms with van der Waals surface area (Å²) in [6, 6.07) is 74.2. The molecule has 0 bridgehead atoms. The first-order chi connectivity index (χ1) is 68.6. The molecule has 20 rings (SSSR count). The van der Waals surface area contributed by atoms with Crippen LogP contribution in [-0.4, -0.2) is 160 Å². The van der Waals surface area contributed by atoms with Crippen LogP contribution in [0.5, 0.6) is 28.7 Å². The van der Waals surface area contributed by atoms with E-state index in [1.165, 1.54) is 11.4 Å². The Balaban J connectivity index is 0.000000153. The van der Waals surface area contributed by atoms with Crippen LogP contribution in [0.2, 0.25) is 5.02 Å². The Morgan fingerprint density at radius 3 is 1.50 bits per heavy atom. The van der Waals surface area contributed by atoms with E-state index in [1.807, 2.05) is 188 Å². The number of Topliss-reactive ketones (excluding diaryl/α,β-unsaturated/α-hetero) is 4. The second-order valence-corrected chi connectivity index (χ2v) is 42.5. The van der Waals surface area contributed by atoms with Crippen molar-refractivity contribution in [1.82, 2.24) is 43.2 Å². The minimum absolute atomic E-state index is 0. The fourth-order valence-electron chi connectivity index (χ4n) is 19.2. The quantitative estimate of drug-likeness (QED) is 0.0225. The Morgan fingerprint density at radius 1 is 0.507 bits per heavy atom. The first kappa shape index (κ1) is 100. The van der Waals surface area contributed by atoms with E-state index < -0.39 is 51.7 Å². The smallest absolute Gasteiger partial charge is 0.243 e. The molecule has 1 atom stereocenters. The van der Waals surface area contributed by atoms with Crippen LogP contribution in [0.25, 0.3) is 44.9 Å². The van der Waals surface area contributed by atoms with Crippen molar-refractivity contribution in [2.45, 2.75) is 172 Å². The molecule has 13 aromatic rings. The summed E-state index contributed by atoms with van der Waals surface area (Å²) >= 11 is 6.11. The van der Waals surface area contributed by atoms with Gasteiger partial charge in [-0.1, -0.05) is 152 Å². The van der Waals surface area contributed by atoms with E-state index in [0.29, 0.717) is 127 Å². The molecule has 28 nitrogen and oxygen atoms in total. The number of ether oxygens (including phenoxy) is 6. The van der Waals surface area contributed by atoms with E-state index in [4.69, 9.17) is 55.0 Å². The lowest BCUT2D eigenvalue weighted by molar-refractivity contribution is -0.127. The van der Waals surface area contributed by atoms with E-state index in [-0.39, 0.29) is 87.1 Å². The Bertz CT molecular complexity index is 7150. The van der Waals surface area contributed by atoms with Gasteiger partial charge in [-0.3, -0.25) is 38.9 Å². The molecular weight excluding hydrogens is 1880 g/mol. The van der Waals surface area contributed by atoms with Crippen LogP contribution in [0.3, 0.4) is 0 Å². The number of fused-ring (bicyclic) bond motifs is 2. The van der Waals surface area contributed by atoms with Gasteiger partial charge in [0.25, 0.3) is 0 Å². The summed E-state index contributed by atoms with van der Waals surface area (Å²) in [5, 5.41) is 13.2. The second-order valence-electron chi connectivity index (χ2n) is 36.6. The molecule has 5 fully saturated rings. The number of amides is 1. The van der Waals surface area contributed by atoms with Crippen molar-refractivity contribution in [1.29, 1.82) is 0 Å². The highest BCUT2D eigenvalue weighted by Gasteiger charge is 2.53. The minimum atomic E-state index is -3.68. The van der Waals surface area contributed by atoms with Gasteiger partial charge in [0.1, 0.15) is 28.9 Å². The third kappa shape index (κ3) is 22.6. The van der Waals surface area contributed by atoms with Gasteiger partial charge in [-0.05, 0) is 247 Å². The number of ketones is 4. The van der Waals surface area contributed by atoms with Crippen molar-refractivity contribution in [2.75, 3.05) is 66.0 Å². The standard InChI is InChI=1S/C29H32ClN3O4S.C29H28N4O5S.C26H28N2O5S.C26H23NO4.3H2/c30-23-13-11-22(12-14-23)29(17-2-1-3-18-29)28(35)32-27-8-4-7-26(31-27)21-9-15-25(16-10-21)38(36,37)33-19-5-6-24(33)20-34;34-28(29(11-12-29)22-7-10-26-27(17-22)38-20-37-26)18-23-3-1-4-25(32-23)21-5-8-24(9-6-21)39(35,36)31-13-2-15-33-16-14-30-19-33;1-27-34(30,31)23-12-6-19(7-13-23)24-5-3-4-21(28-24)18-25(29)26(14-16-33-17-15-26)20-8-10-22(32-2)11-9-20;1-16-22(19-5-3-18(4-6-19)17(2)28)9-8-21(27-16)14-25(29)26(11-12-26)20-7-10-23-24(13-20)31-15-30-23;;;/h4,7-16,24,34H,1-3,5-6,17-20H2,(H,31,32,35);1,3-10,14,16-17,19,31H,2,11-13,15,18,20H2;3-13,27H,14-18H2,1-2H3;3-10,13H,11-12,14-15H2,1-2H3;3*1H/t24-;;;;;;/m1....../s1. The highest BCUT2D eigenvalue weighted by molar-refractivity contribution is 7.90. The number of nitrogens with zero attached hydrogens (tertiary/aromatic N) is 7. The fraction of sp³-hybridized carbons (Fsp3) is 0.309. The van der Waals surface area contributed by atoms with Crippen LogP contribution in [0, 0.1) is 6.92 Å². The van der Waals surface area contributed by atoms with Crippen molar-refractivity contribution in [3.05, 3.63) is 323 Å². The molecule has 5 aromatic heterocycles. The molecule has 4 aliphatic heterocycles. The Morgan fingerprint density at radius 2 is 0.993 bits per heavy atom. The summed E-state index contributed by atoms with van der Waals surface area (Å²) in [6.45, 7) is 6.25. The summed E-state index contributed by atoms with van der Waals surface area (Å²) in [5.74, 6) is 4.44. The normalized spacial score (nSPS) is 16.6. The Hall–Kier alpha value is -13.3. The lowest BCUT2D eigenvalue weighted by Gasteiger charge is -2.36. The van der Waals surface area contributed by atoms with Crippen molar-refractivity contribution in [3.63, 3.8) is 0 Å². The zero-order valence-electron chi connectivity index (χ0n) is 79.3. The van der Waals surface area contributed by atoms with Crippen molar-refractivity contribution < 1.29 is 87.0 Å². The lowest BCUT2D eigenvalue weighted by atomic mass is 9.68. The Kier molecular flexibility index (Phi) is 30.8. The highest BCUT2D eigenvalue weighted by atomic mass is 35.5. The van der Waals surface area contributed by atoms with E-state index in [1.54, 1.807) is 105 Å². The SMILES string of the molecule is CC(=O)c1ccc(-c2ccc(CC(=O)C3(c4ccc5c(c4)OCO5)CC3)nc2C)cc1.CNS(=O)(=O)c1ccc(-c2cccc(CC(=O)C3(c4ccc(OC)cc4)CCOCC3)n2)cc1.O=C(Cc1cccc(-c2ccc(S(=O)(=O)NCCCn3ccnc3)cc2)n1)C1(c2ccc3c(c2)OCO3)CC1.O=C(Nc1cccc(-c2ccc(S(=O)(=O)N3CCC[C@@H]3CO)cc2)n1)C1(c2ccc(Cl)cc2)CCCCC1.[HH].[HH].[HH]. The van der Waals surface area contributed by atoms with E-state index in [0.717, 1.165) is 137 Å². The number of sulfonamides is 3. The molecule has 2 saturated heterocycles. The number of carbonyl (C=O) groups excluding carboxylic acids is 5. The number of aliphatic hydroxyl groups is 1. The van der Waals surface area contributed by atoms with E-state index in [2.05, 4.69) is 24.7 Å².